The number of methoxy groups -OCH3 is 1. The minimum absolute atomic E-state index is 0.00774. The van der Waals surface area contributed by atoms with Gasteiger partial charge in [0, 0.05) is 13.0 Å². The summed E-state index contributed by atoms with van der Waals surface area (Å²) in [6.07, 6.45) is -4.16. The molecule has 18 atom stereocenters. The molecule has 1 saturated heterocycles. The fourth-order valence-electron chi connectivity index (χ4n) is 11.6. The van der Waals surface area contributed by atoms with Crippen molar-refractivity contribution in [3.63, 3.8) is 0 Å². The summed E-state index contributed by atoms with van der Waals surface area (Å²) in [5.74, 6) is -0.778. The number of aliphatic hydroxyl groups is 6. The van der Waals surface area contributed by atoms with Crippen LogP contribution in [0.3, 0.4) is 0 Å². The number of ether oxygens (including phenoxy) is 3. The van der Waals surface area contributed by atoms with E-state index >= 15 is 0 Å². The molecule has 0 aromatic rings. The molecular weight excluding hydrogens is 660 g/mol. The maximum absolute atomic E-state index is 12.0. The second-order valence-electron chi connectivity index (χ2n) is 16.9. The Morgan fingerprint density at radius 1 is 0.816 bits per heavy atom. The summed E-state index contributed by atoms with van der Waals surface area (Å²) in [6, 6.07) is 0. The lowest BCUT2D eigenvalue weighted by Gasteiger charge is -2.63. The van der Waals surface area contributed by atoms with Crippen LogP contribution in [0.15, 0.2) is 0 Å². The topological polar surface area (TPSA) is 213 Å². The Balaban J connectivity index is 1.27. The van der Waals surface area contributed by atoms with Crippen LogP contribution in [0.4, 0.5) is 0 Å². The highest BCUT2D eigenvalue weighted by atomic mass is 32.3. The van der Waals surface area contributed by atoms with E-state index in [1.807, 2.05) is 6.92 Å². The van der Waals surface area contributed by atoms with Crippen molar-refractivity contribution < 1.29 is 62.0 Å². The number of hydrogen-bond donors (Lipinski definition) is 7. The average Bonchev–Trinajstić information content (AvgIpc) is 3.22. The molecule has 0 aromatic carbocycles. The van der Waals surface area contributed by atoms with Gasteiger partial charge in [0.2, 0.25) is 0 Å². The maximum atomic E-state index is 12.0. The fourth-order valence-corrected chi connectivity index (χ4v) is 12.2. The summed E-state index contributed by atoms with van der Waals surface area (Å²) < 4.78 is 55.6. The minimum atomic E-state index is -4.86. The van der Waals surface area contributed by atoms with Gasteiger partial charge in [-0.25, -0.2) is 4.18 Å². The molecule has 13 nitrogen and oxygen atoms in total. The Morgan fingerprint density at radius 3 is 2.12 bits per heavy atom. The van der Waals surface area contributed by atoms with Gasteiger partial charge in [-0.15, -0.1) is 0 Å². The third-order valence-electron chi connectivity index (χ3n) is 14.1. The van der Waals surface area contributed by atoms with Gasteiger partial charge in [-0.1, -0.05) is 41.0 Å². The first kappa shape index (κ1) is 39.7. The van der Waals surface area contributed by atoms with E-state index in [2.05, 4.69) is 27.7 Å². The molecule has 0 spiro atoms. The normalized spacial score (nSPS) is 48.4. The van der Waals surface area contributed by atoms with Gasteiger partial charge in [0.1, 0.15) is 18.3 Å². The molecule has 0 amide bonds. The Morgan fingerprint density at radius 2 is 1.49 bits per heavy atom. The fraction of sp³-hybridized carbons (Fsp3) is 1.00. The number of rotatable bonds is 12. The Bertz CT molecular complexity index is 1220. The van der Waals surface area contributed by atoms with Crippen molar-refractivity contribution in [2.75, 3.05) is 20.3 Å². The monoisotopic (exact) mass is 722 g/mol. The summed E-state index contributed by atoms with van der Waals surface area (Å²) in [4.78, 5) is 0. The second kappa shape index (κ2) is 15.1. The van der Waals surface area contributed by atoms with Gasteiger partial charge in [0.25, 0.3) is 0 Å². The molecule has 5 fully saturated rings. The second-order valence-corrected chi connectivity index (χ2v) is 18.0. The van der Waals surface area contributed by atoms with Crippen LogP contribution in [0, 0.1) is 58.2 Å². The summed E-state index contributed by atoms with van der Waals surface area (Å²) in [5, 5.41) is 65.8. The zero-order chi connectivity index (χ0) is 36.2. The lowest BCUT2D eigenvalue weighted by molar-refractivity contribution is -0.274. The summed E-state index contributed by atoms with van der Waals surface area (Å²) in [7, 11) is -3.41. The van der Waals surface area contributed by atoms with Crippen LogP contribution in [0.25, 0.3) is 0 Å². The van der Waals surface area contributed by atoms with E-state index < -0.39 is 82.3 Å². The molecule has 0 radical (unpaired) electrons. The van der Waals surface area contributed by atoms with Gasteiger partial charge in [-0.05, 0) is 97.2 Å². The lowest BCUT2D eigenvalue weighted by Crippen LogP contribution is -2.64. The average molecular weight is 723 g/mol. The van der Waals surface area contributed by atoms with Crippen molar-refractivity contribution in [1.29, 1.82) is 0 Å². The van der Waals surface area contributed by atoms with Gasteiger partial charge in [0.05, 0.1) is 43.7 Å². The first-order valence-electron chi connectivity index (χ1n) is 18.4. The van der Waals surface area contributed by atoms with Gasteiger partial charge in [-0.3, -0.25) is 4.55 Å². The van der Waals surface area contributed by atoms with E-state index in [0.717, 1.165) is 32.1 Å². The van der Waals surface area contributed by atoms with E-state index in [1.54, 1.807) is 0 Å². The van der Waals surface area contributed by atoms with Crippen LogP contribution in [0.1, 0.15) is 86.0 Å². The van der Waals surface area contributed by atoms with Crippen molar-refractivity contribution in [3.8, 4) is 0 Å². The molecule has 0 bridgehead atoms. The molecular formula is C35H62O13S. The smallest absolute Gasteiger partial charge is 0.390 e. The van der Waals surface area contributed by atoms with Crippen LogP contribution in [-0.2, 0) is 28.8 Å². The predicted octanol–water partition coefficient (Wildman–Crippen LogP) is 1.90. The standard InChI is InChI=1S/C35H62O13S/c1-17(2)19(11-14-46-33-32(41)29(38)24(45-6)16-47-33)8-7-18(3)25-30(39)31(40)26-20-15-23(48-49(42,43)44)27-28(37)22(36)10-13-34(27,4)21(20)9-12-35(25,26)5/h17-33,36-41H,7-16H2,1-6H3,(H,42,43,44)/t18?,19-,20-,21?,22+,23?,24-,25?,26?,27?,28+,29+,30-,31?,32-,33-,34-,35-/m1/s1. The highest BCUT2D eigenvalue weighted by Gasteiger charge is 2.68. The molecule has 1 heterocycles. The van der Waals surface area contributed by atoms with E-state index in [9.17, 15) is 43.6 Å². The maximum Gasteiger partial charge on any atom is 0.397 e. The largest absolute Gasteiger partial charge is 0.397 e. The number of fused-ring (bicyclic) bond motifs is 5. The molecule has 49 heavy (non-hydrogen) atoms. The Kier molecular flexibility index (Phi) is 12.2. The quantitative estimate of drug-likeness (QED) is 0.144. The highest BCUT2D eigenvalue weighted by Crippen LogP contribution is 2.68. The van der Waals surface area contributed by atoms with Gasteiger partial charge < -0.3 is 44.8 Å². The first-order valence-corrected chi connectivity index (χ1v) is 19.7. The van der Waals surface area contributed by atoms with E-state index in [4.69, 9.17) is 18.4 Å². The zero-order valence-corrected chi connectivity index (χ0v) is 30.7. The highest BCUT2D eigenvalue weighted by molar-refractivity contribution is 7.80. The zero-order valence-electron chi connectivity index (χ0n) is 29.9. The lowest BCUT2D eigenvalue weighted by atomic mass is 9.43. The SMILES string of the molecule is CO[C@@H]1CO[C@@H](OCC[C@@H](CCC(C)C2[C@@H](O)C(O)C3[C@@H]4CC(OS(=O)(=O)O)C5[C@@H](O)[C@@H](O)CC[C@]5(C)C4CC[C@]23C)C(C)C)[C@H](O)[C@H]1O. The van der Waals surface area contributed by atoms with Crippen molar-refractivity contribution in [3.05, 3.63) is 0 Å². The molecule has 14 heteroatoms. The van der Waals surface area contributed by atoms with Crippen molar-refractivity contribution in [2.45, 2.75) is 141 Å². The van der Waals surface area contributed by atoms with E-state index in [-0.39, 0.29) is 48.5 Å². The molecule has 7 unspecified atom stereocenters. The van der Waals surface area contributed by atoms with Crippen LogP contribution in [-0.4, -0.2) is 119 Å². The predicted molar refractivity (Wildman–Crippen MR) is 177 cm³/mol. The van der Waals surface area contributed by atoms with E-state index in [0.29, 0.717) is 25.4 Å². The molecule has 5 rings (SSSR count). The van der Waals surface area contributed by atoms with E-state index in [1.165, 1.54) is 7.11 Å². The van der Waals surface area contributed by atoms with Crippen LogP contribution in [0.5, 0.6) is 0 Å². The van der Waals surface area contributed by atoms with Crippen LogP contribution in [0.2, 0.25) is 0 Å². The molecule has 4 saturated carbocycles. The summed E-state index contributed by atoms with van der Waals surface area (Å²) in [5.41, 5.74) is -1.04. The van der Waals surface area contributed by atoms with Crippen molar-refractivity contribution >= 4 is 10.4 Å². The Hall–Kier alpha value is -0.490. The van der Waals surface area contributed by atoms with Gasteiger partial charge in [0.15, 0.2) is 6.29 Å². The number of hydrogen-bond acceptors (Lipinski definition) is 12. The molecule has 286 valence electrons. The molecule has 7 N–H and O–H groups in total. The third-order valence-corrected chi connectivity index (χ3v) is 14.6. The number of aliphatic hydroxyl groups excluding tert-OH is 6. The van der Waals surface area contributed by atoms with Crippen molar-refractivity contribution in [2.24, 2.45) is 58.2 Å². The summed E-state index contributed by atoms with van der Waals surface area (Å²) in [6.45, 7) is 11.1. The van der Waals surface area contributed by atoms with Gasteiger partial charge in [-0.2, -0.15) is 8.42 Å². The van der Waals surface area contributed by atoms with Gasteiger partial charge >= 0.3 is 10.4 Å². The molecule has 0 aromatic heterocycles. The van der Waals surface area contributed by atoms with Crippen molar-refractivity contribution in [1.82, 2.24) is 0 Å². The molecule has 1 aliphatic heterocycles. The first-order chi connectivity index (χ1) is 22.9. The Labute approximate surface area is 291 Å². The minimum Gasteiger partial charge on any atom is -0.390 e. The van der Waals surface area contributed by atoms with Crippen LogP contribution < -0.4 is 0 Å². The van der Waals surface area contributed by atoms with Crippen LogP contribution >= 0.6 is 0 Å². The third kappa shape index (κ3) is 7.50. The summed E-state index contributed by atoms with van der Waals surface area (Å²) >= 11 is 0. The molecule has 4 aliphatic carbocycles. The molecule has 5 aliphatic rings.